The molecule has 0 saturated heterocycles. The smallest absolute Gasteiger partial charge is 0.223 e. The number of rotatable bonds is 6. The van der Waals surface area contributed by atoms with Crippen LogP contribution in [0.5, 0.6) is 0 Å². The van der Waals surface area contributed by atoms with Gasteiger partial charge in [-0.05, 0) is 30.0 Å². The van der Waals surface area contributed by atoms with Crippen LogP contribution in [0, 0.1) is 12.3 Å². The van der Waals surface area contributed by atoms with Crippen LogP contribution in [0.3, 0.4) is 0 Å². The Kier molecular flexibility index (Phi) is 6.37. The molecule has 0 aliphatic rings. The van der Waals surface area contributed by atoms with E-state index < -0.39 is 0 Å². The molecule has 0 N–H and O–H groups in total. The van der Waals surface area contributed by atoms with Crippen LogP contribution in [0.25, 0.3) is 11.3 Å². The number of hydrogen-bond donors (Lipinski definition) is 0. The van der Waals surface area contributed by atoms with Gasteiger partial charge in [0, 0.05) is 30.9 Å². The van der Waals surface area contributed by atoms with Gasteiger partial charge in [-0.3, -0.25) is 9.78 Å². The molecule has 0 radical (unpaired) electrons. The van der Waals surface area contributed by atoms with Crippen molar-refractivity contribution in [3.05, 3.63) is 78.0 Å². The standard InChI is InChI=1S/C24H28N4O/c1-18-26-15-20(21-12-8-9-13-25-21)22(27-18)17-28(23(29)14-24(2,3)4)16-19-10-6-5-7-11-19/h5-13,15H,14,16-17H2,1-4H3. The van der Waals surface area contributed by atoms with Gasteiger partial charge in [-0.1, -0.05) is 57.2 Å². The molecule has 5 nitrogen and oxygen atoms in total. The fraction of sp³-hybridized carbons (Fsp3) is 0.333. The van der Waals surface area contributed by atoms with Crippen LogP contribution in [0.4, 0.5) is 0 Å². The topological polar surface area (TPSA) is 59.0 Å². The quantitative estimate of drug-likeness (QED) is 0.608. The van der Waals surface area contributed by atoms with Crippen molar-refractivity contribution in [1.29, 1.82) is 0 Å². The van der Waals surface area contributed by atoms with E-state index in [0.717, 1.165) is 22.5 Å². The Morgan fingerprint density at radius 2 is 1.69 bits per heavy atom. The van der Waals surface area contributed by atoms with Crippen LogP contribution in [0.2, 0.25) is 0 Å². The second-order valence-electron chi connectivity index (χ2n) is 8.47. The van der Waals surface area contributed by atoms with Crippen molar-refractivity contribution in [3.8, 4) is 11.3 Å². The zero-order valence-corrected chi connectivity index (χ0v) is 17.6. The van der Waals surface area contributed by atoms with Crippen LogP contribution in [0.15, 0.2) is 60.9 Å². The zero-order valence-electron chi connectivity index (χ0n) is 17.6. The van der Waals surface area contributed by atoms with Crippen LogP contribution in [-0.2, 0) is 17.9 Å². The maximum Gasteiger partial charge on any atom is 0.223 e. The molecule has 0 fully saturated rings. The molecule has 3 aromatic rings. The van der Waals surface area contributed by atoms with Crippen molar-refractivity contribution in [3.63, 3.8) is 0 Å². The highest BCUT2D eigenvalue weighted by Gasteiger charge is 2.23. The minimum absolute atomic E-state index is 0.0859. The molecule has 0 saturated carbocycles. The molecule has 2 aromatic heterocycles. The largest absolute Gasteiger partial charge is 0.332 e. The van der Waals surface area contributed by atoms with E-state index in [2.05, 4.69) is 35.7 Å². The average molecular weight is 389 g/mol. The molecule has 5 heteroatoms. The van der Waals surface area contributed by atoms with E-state index in [-0.39, 0.29) is 11.3 Å². The zero-order chi connectivity index (χ0) is 20.9. The van der Waals surface area contributed by atoms with Gasteiger partial charge in [0.1, 0.15) is 5.82 Å². The molecule has 150 valence electrons. The van der Waals surface area contributed by atoms with Gasteiger partial charge < -0.3 is 4.90 Å². The summed E-state index contributed by atoms with van der Waals surface area (Å²) in [7, 11) is 0. The molecular formula is C24H28N4O. The number of benzene rings is 1. The SMILES string of the molecule is Cc1ncc(-c2ccccn2)c(CN(Cc2ccccc2)C(=O)CC(C)(C)C)n1. The Hall–Kier alpha value is -3.08. The van der Waals surface area contributed by atoms with Gasteiger partial charge in [-0.2, -0.15) is 0 Å². The molecule has 29 heavy (non-hydrogen) atoms. The first-order valence-electron chi connectivity index (χ1n) is 9.87. The molecule has 0 atom stereocenters. The van der Waals surface area contributed by atoms with Crippen molar-refractivity contribution in [1.82, 2.24) is 19.9 Å². The van der Waals surface area contributed by atoms with Gasteiger partial charge in [0.05, 0.1) is 17.9 Å². The number of amides is 1. The van der Waals surface area contributed by atoms with Gasteiger partial charge >= 0.3 is 0 Å². The first-order valence-corrected chi connectivity index (χ1v) is 9.87. The third-order valence-corrected chi connectivity index (χ3v) is 4.52. The number of nitrogens with zero attached hydrogens (tertiary/aromatic N) is 4. The van der Waals surface area contributed by atoms with E-state index >= 15 is 0 Å². The lowest BCUT2D eigenvalue weighted by molar-refractivity contribution is -0.134. The number of carbonyl (C=O) groups is 1. The summed E-state index contributed by atoms with van der Waals surface area (Å²) >= 11 is 0. The molecule has 3 rings (SSSR count). The number of pyridine rings is 1. The summed E-state index contributed by atoms with van der Waals surface area (Å²) in [5, 5.41) is 0. The molecule has 0 aliphatic carbocycles. The van der Waals surface area contributed by atoms with E-state index in [0.29, 0.717) is 25.3 Å². The molecule has 1 amide bonds. The van der Waals surface area contributed by atoms with Crippen molar-refractivity contribution in [2.24, 2.45) is 5.41 Å². The molecule has 0 aliphatic heterocycles. The molecule has 0 unspecified atom stereocenters. The Balaban J connectivity index is 1.95. The van der Waals surface area contributed by atoms with E-state index in [1.165, 1.54) is 0 Å². The summed E-state index contributed by atoms with van der Waals surface area (Å²) in [6.45, 7) is 9.07. The summed E-state index contributed by atoms with van der Waals surface area (Å²) in [4.78, 5) is 28.5. The Morgan fingerprint density at radius 1 is 0.966 bits per heavy atom. The highest BCUT2D eigenvalue weighted by molar-refractivity contribution is 5.77. The molecule has 0 spiro atoms. The third-order valence-electron chi connectivity index (χ3n) is 4.52. The number of hydrogen-bond acceptors (Lipinski definition) is 4. The molecule has 2 heterocycles. The van der Waals surface area contributed by atoms with E-state index in [1.807, 2.05) is 60.4 Å². The second-order valence-corrected chi connectivity index (χ2v) is 8.47. The van der Waals surface area contributed by atoms with Gasteiger partial charge in [0.2, 0.25) is 5.91 Å². The van der Waals surface area contributed by atoms with Crippen LogP contribution >= 0.6 is 0 Å². The van der Waals surface area contributed by atoms with Gasteiger partial charge in [0.25, 0.3) is 0 Å². The monoisotopic (exact) mass is 388 g/mol. The summed E-state index contributed by atoms with van der Waals surface area (Å²) in [5.74, 6) is 0.798. The Labute approximate surface area is 172 Å². The minimum Gasteiger partial charge on any atom is -0.332 e. The average Bonchev–Trinajstić information content (AvgIpc) is 2.68. The lowest BCUT2D eigenvalue weighted by Gasteiger charge is -2.27. The highest BCUT2D eigenvalue weighted by atomic mass is 16.2. The normalized spacial score (nSPS) is 11.3. The number of aromatic nitrogens is 3. The number of carbonyl (C=O) groups excluding carboxylic acids is 1. The predicted octanol–water partition coefficient (Wildman–Crippen LogP) is 4.81. The maximum absolute atomic E-state index is 13.2. The second kappa shape index (κ2) is 8.95. The van der Waals surface area contributed by atoms with Crippen LogP contribution < -0.4 is 0 Å². The lowest BCUT2D eigenvalue weighted by atomic mass is 9.91. The van der Waals surface area contributed by atoms with Gasteiger partial charge in [-0.15, -0.1) is 0 Å². The van der Waals surface area contributed by atoms with Crippen molar-refractivity contribution in [2.75, 3.05) is 0 Å². The van der Waals surface area contributed by atoms with E-state index in [9.17, 15) is 4.79 Å². The van der Waals surface area contributed by atoms with E-state index in [1.54, 1.807) is 12.4 Å². The first-order chi connectivity index (χ1) is 13.8. The van der Waals surface area contributed by atoms with Gasteiger partial charge in [0.15, 0.2) is 0 Å². The summed E-state index contributed by atoms with van der Waals surface area (Å²) < 4.78 is 0. The highest BCUT2D eigenvalue weighted by Crippen LogP contribution is 2.25. The fourth-order valence-electron chi connectivity index (χ4n) is 3.16. The minimum atomic E-state index is -0.0859. The van der Waals surface area contributed by atoms with Crippen molar-refractivity contribution < 1.29 is 4.79 Å². The van der Waals surface area contributed by atoms with Crippen molar-refractivity contribution >= 4 is 5.91 Å². The first kappa shape index (κ1) is 20.6. The fourth-order valence-corrected chi connectivity index (χ4v) is 3.16. The Bertz CT molecular complexity index is 950. The maximum atomic E-state index is 13.2. The lowest BCUT2D eigenvalue weighted by Crippen LogP contribution is -2.33. The molecule has 1 aromatic carbocycles. The van der Waals surface area contributed by atoms with E-state index in [4.69, 9.17) is 0 Å². The Morgan fingerprint density at radius 3 is 2.34 bits per heavy atom. The van der Waals surface area contributed by atoms with Crippen LogP contribution in [-0.4, -0.2) is 25.8 Å². The van der Waals surface area contributed by atoms with Crippen molar-refractivity contribution in [2.45, 2.75) is 47.2 Å². The third kappa shape index (κ3) is 5.95. The molecular weight excluding hydrogens is 360 g/mol. The van der Waals surface area contributed by atoms with Gasteiger partial charge in [-0.25, -0.2) is 9.97 Å². The van der Waals surface area contributed by atoms with Crippen LogP contribution in [0.1, 0.15) is 44.3 Å². The summed E-state index contributed by atoms with van der Waals surface area (Å²) in [6.07, 6.45) is 4.03. The number of aryl methyl sites for hydroxylation is 1. The summed E-state index contributed by atoms with van der Waals surface area (Å²) in [6, 6.07) is 15.8. The molecule has 0 bridgehead atoms. The summed E-state index contributed by atoms with van der Waals surface area (Å²) in [5.41, 5.74) is 3.50. The predicted molar refractivity (Wildman–Crippen MR) is 115 cm³/mol.